The molecule has 0 aromatic heterocycles. The molecule has 0 radical (unpaired) electrons. The standard InChI is InChI=1S/C23H26F2N2O5S/c1-31-21-15-17(9-11-20(21)32-23(24)25)10-12-22(28)26-18-7-6-8-19(16-18)33(29,30)27-13-4-2-3-5-14-27/h6-12,15-16,23H,2-5,13-14H2,1H3,(H,26,28)/b12-10+. The predicted octanol–water partition coefficient (Wildman–Crippen LogP) is 4.51. The molecule has 178 valence electrons. The van der Waals surface area contributed by atoms with E-state index in [1.807, 2.05) is 0 Å². The van der Waals surface area contributed by atoms with Crippen LogP contribution in [0.2, 0.25) is 0 Å². The molecule has 7 nitrogen and oxygen atoms in total. The van der Waals surface area contributed by atoms with Crippen LogP contribution >= 0.6 is 0 Å². The number of ether oxygens (including phenoxy) is 2. The Morgan fingerprint density at radius 3 is 2.45 bits per heavy atom. The lowest BCUT2D eigenvalue weighted by molar-refractivity contribution is -0.111. The monoisotopic (exact) mass is 480 g/mol. The van der Waals surface area contributed by atoms with Crippen LogP contribution in [-0.2, 0) is 14.8 Å². The van der Waals surface area contributed by atoms with Gasteiger partial charge in [-0.15, -0.1) is 0 Å². The van der Waals surface area contributed by atoms with Crippen LogP contribution < -0.4 is 14.8 Å². The highest BCUT2D eigenvalue weighted by molar-refractivity contribution is 7.89. The molecule has 1 N–H and O–H groups in total. The Morgan fingerprint density at radius 2 is 1.79 bits per heavy atom. The van der Waals surface area contributed by atoms with Gasteiger partial charge in [0.2, 0.25) is 15.9 Å². The molecule has 0 spiro atoms. The number of hydrogen-bond donors (Lipinski definition) is 1. The summed E-state index contributed by atoms with van der Waals surface area (Å²) in [6.45, 7) is -2.00. The minimum atomic E-state index is -3.63. The topological polar surface area (TPSA) is 84.9 Å². The molecule has 0 saturated carbocycles. The number of nitrogens with one attached hydrogen (secondary N) is 1. The van der Waals surface area contributed by atoms with E-state index in [1.54, 1.807) is 12.1 Å². The highest BCUT2D eigenvalue weighted by atomic mass is 32.2. The largest absolute Gasteiger partial charge is 0.493 e. The zero-order valence-electron chi connectivity index (χ0n) is 18.2. The van der Waals surface area contributed by atoms with Crippen molar-refractivity contribution in [3.8, 4) is 11.5 Å². The van der Waals surface area contributed by atoms with Crippen molar-refractivity contribution in [1.82, 2.24) is 4.31 Å². The van der Waals surface area contributed by atoms with E-state index in [0.29, 0.717) is 24.3 Å². The summed E-state index contributed by atoms with van der Waals surface area (Å²) in [6, 6.07) is 10.4. The number of amides is 1. The summed E-state index contributed by atoms with van der Waals surface area (Å²) < 4.78 is 61.7. The van der Waals surface area contributed by atoms with Gasteiger partial charge in [-0.25, -0.2) is 8.42 Å². The fraction of sp³-hybridized carbons (Fsp3) is 0.348. The SMILES string of the molecule is COc1cc(/C=C/C(=O)Nc2cccc(S(=O)(=O)N3CCCCCC3)c2)ccc1OC(F)F. The predicted molar refractivity (Wildman–Crippen MR) is 121 cm³/mol. The van der Waals surface area contributed by atoms with Crippen LogP contribution in [0.4, 0.5) is 14.5 Å². The first-order chi connectivity index (χ1) is 15.8. The van der Waals surface area contributed by atoms with Gasteiger partial charge in [-0.3, -0.25) is 4.79 Å². The Kier molecular flexibility index (Phi) is 8.40. The summed E-state index contributed by atoms with van der Waals surface area (Å²) in [5.74, 6) is -0.494. The highest BCUT2D eigenvalue weighted by Gasteiger charge is 2.25. The first-order valence-corrected chi connectivity index (χ1v) is 12.0. The van der Waals surface area contributed by atoms with Gasteiger partial charge >= 0.3 is 6.61 Å². The van der Waals surface area contributed by atoms with Crippen LogP contribution in [0.5, 0.6) is 11.5 Å². The summed E-state index contributed by atoms with van der Waals surface area (Å²) in [6.07, 6.45) is 6.42. The highest BCUT2D eigenvalue weighted by Crippen LogP contribution is 2.30. The van der Waals surface area contributed by atoms with Gasteiger partial charge in [-0.1, -0.05) is 25.0 Å². The Bertz CT molecular complexity index is 1100. The number of alkyl halides is 2. The smallest absolute Gasteiger partial charge is 0.387 e. The van der Waals surface area contributed by atoms with Crippen molar-refractivity contribution in [3.63, 3.8) is 0 Å². The number of anilines is 1. The van der Waals surface area contributed by atoms with Gasteiger partial charge in [0.05, 0.1) is 12.0 Å². The molecule has 1 amide bonds. The maximum absolute atomic E-state index is 13.0. The lowest BCUT2D eigenvalue weighted by atomic mass is 10.2. The summed E-state index contributed by atoms with van der Waals surface area (Å²) in [5, 5.41) is 2.64. The van der Waals surface area contributed by atoms with Crippen LogP contribution in [0.1, 0.15) is 31.2 Å². The van der Waals surface area contributed by atoms with Crippen LogP contribution in [0.25, 0.3) is 6.08 Å². The number of methoxy groups -OCH3 is 1. The maximum atomic E-state index is 13.0. The van der Waals surface area contributed by atoms with Crippen molar-refractivity contribution >= 4 is 27.7 Å². The Morgan fingerprint density at radius 1 is 1.06 bits per heavy atom. The summed E-state index contributed by atoms with van der Waals surface area (Å²) in [4.78, 5) is 12.5. The molecule has 33 heavy (non-hydrogen) atoms. The van der Waals surface area contributed by atoms with Gasteiger partial charge < -0.3 is 14.8 Å². The first-order valence-electron chi connectivity index (χ1n) is 10.5. The van der Waals surface area contributed by atoms with Crippen molar-refractivity contribution < 1.29 is 31.5 Å². The van der Waals surface area contributed by atoms with Crippen molar-refractivity contribution in [3.05, 3.63) is 54.1 Å². The Balaban J connectivity index is 1.69. The van der Waals surface area contributed by atoms with E-state index in [9.17, 15) is 22.0 Å². The lowest BCUT2D eigenvalue weighted by Gasteiger charge is -2.20. The van der Waals surface area contributed by atoms with Crippen LogP contribution in [0.3, 0.4) is 0 Å². The molecule has 1 aliphatic heterocycles. The Labute approximate surface area is 192 Å². The second-order valence-corrected chi connectivity index (χ2v) is 9.40. The molecular weight excluding hydrogens is 454 g/mol. The summed E-state index contributed by atoms with van der Waals surface area (Å²) in [7, 11) is -2.31. The van der Waals surface area contributed by atoms with E-state index in [-0.39, 0.29) is 16.4 Å². The van der Waals surface area contributed by atoms with E-state index in [1.165, 1.54) is 53.9 Å². The van der Waals surface area contributed by atoms with Gasteiger partial charge in [0.25, 0.3) is 0 Å². The molecule has 0 bridgehead atoms. The fourth-order valence-electron chi connectivity index (χ4n) is 3.50. The summed E-state index contributed by atoms with van der Waals surface area (Å²) >= 11 is 0. The van der Waals surface area contributed by atoms with Gasteiger partial charge in [0.1, 0.15) is 0 Å². The second kappa shape index (κ2) is 11.2. The number of rotatable bonds is 8. The van der Waals surface area contributed by atoms with Crippen molar-refractivity contribution in [2.24, 2.45) is 0 Å². The quantitative estimate of drug-likeness (QED) is 0.562. The molecule has 1 saturated heterocycles. The molecule has 1 heterocycles. The average molecular weight is 481 g/mol. The van der Waals surface area contributed by atoms with E-state index in [2.05, 4.69) is 10.1 Å². The normalized spacial score (nSPS) is 15.4. The zero-order chi connectivity index (χ0) is 23.8. The summed E-state index contributed by atoms with van der Waals surface area (Å²) in [5.41, 5.74) is 0.875. The molecule has 10 heteroatoms. The van der Waals surface area contributed by atoms with E-state index in [4.69, 9.17) is 4.74 Å². The molecule has 2 aromatic carbocycles. The average Bonchev–Trinajstić information content (AvgIpc) is 3.08. The number of halogens is 2. The van der Waals surface area contributed by atoms with Crippen molar-refractivity contribution in [1.29, 1.82) is 0 Å². The van der Waals surface area contributed by atoms with E-state index < -0.39 is 22.5 Å². The first kappa shape index (κ1) is 24.7. The van der Waals surface area contributed by atoms with Gasteiger partial charge in [0, 0.05) is 24.9 Å². The minimum absolute atomic E-state index is 0.101. The number of carbonyl (C=O) groups excluding carboxylic acids is 1. The van der Waals surface area contributed by atoms with Gasteiger partial charge in [-0.05, 0) is 54.8 Å². The number of benzene rings is 2. The second-order valence-electron chi connectivity index (χ2n) is 7.46. The third kappa shape index (κ3) is 6.75. The number of sulfonamides is 1. The third-order valence-electron chi connectivity index (χ3n) is 5.14. The van der Waals surface area contributed by atoms with Gasteiger partial charge in [-0.2, -0.15) is 13.1 Å². The molecule has 2 aromatic rings. The van der Waals surface area contributed by atoms with E-state index >= 15 is 0 Å². The van der Waals surface area contributed by atoms with Crippen molar-refractivity contribution in [2.75, 3.05) is 25.5 Å². The number of nitrogens with zero attached hydrogens (tertiary/aromatic N) is 1. The third-order valence-corrected chi connectivity index (χ3v) is 7.03. The minimum Gasteiger partial charge on any atom is -0.493 e. The molecule has 0 aliphatic carbocycles. The Hall–Kier alpha value is -2.98. The lowest BCUT2D eigenvalue weighted by Crippen LogP contribution is -2.32. The fourth-order valence-corrected chi connectivity index (χ4v) is 5.07. The van der Waals surface area contributed by atoms with Crippen LogP contribution in [-0.4, -0.2) is 45.4 Å². The molecule has 3 rings (SSSR count). The maximum Gasteiger partial charge on any atom is 0.387 e. The zero-order valence-corrected chi connectivity index (χ0v) is 19.0. The molecule has 1 aliphatic rings. The van der Waals surface area contributed by atoms with Crippen LogP contribution in [0, 0.1) is 0 Å². The van der Waals surface area contributed by atoms with Crippen molar-refractivity contribution in [2.45, 2.75) is 37.2 Å². The molecule has 0 unspecified atom stereocenters. The molecule has 1 fully saturated rings. The van der Waals surface area contributed by atoms with E-state index in [0.717, 1.165) is 25.7 Å². The molecule has 0 atom stereocenters. The van der Waals surface area contributed by atoms with Gasteiger partial charge in [0.15, 0.2) is 11.5 Å². The number of carbonyl (C=O) groups is 1. The van der Waals surface area contributed by atoms with Crippen LogP contribution in [0.15, 0.2) is 53.4 Å². The molecular formula is C23H26F2N2O5S. The number of hydrogen-bond acceptors (Lipinski definition) is 5.